The van der Waals surface area contributed by atoms with Crippen LogP contribution in [0.3, 0.4) is 0 Å². The van der Waals surface area contributed by atoms with Gasteiger partial charge in [-0.3, -0.25) is 4.79 Å². The second kappa shape index (κ2) is 10.5. The Hall–Kier alpha value is -1.30. The Morgan fingerprint density at radius 1 is 1.26 bits per heavy atom. The fraction of sp³-hybridized carbons (Fsp3) is 0.882. The first-order chi connectivity index (χ1) is 11.0. The van der Waals surface area contributed by atoms with E-state index in [1.165, 1.54) is 0 Å². The summed E-state index contributed by atoms with van der Waals surface area (Å²) in [6.45, 7) is 8.32. The Bertz CT molecular complexity index is 366. The van der Waals surface area contributed by atoms with Gasteiger partial charge in [0.15, 0.2) is 0 Å². The zero-order chi connectivity index (χ0) is 17.2. The summed E-state index contributed by atoms with van der Waals surface area (Å²) in [7, 11) is 0. The van der Waals surface area contributed by atoms with Crippen LogP contribution in [0.25, 0.3) is 0 Å². The van der Waals surface area contributed by atoms with Gasteiger partial charge < -0.3 is 20.6 Å². The number of nitrogens with one attached hydrogen (secondary N) is 2. The molecule has 23 heavy (non-hydrogen) atoms. The van der Waals surface area contributed by atoms with Crippen molar-refractivity contribution in [3.63, 3.8) is 0 Å². The topological polar surface area (TPSA) is 81.7 Å². The molecule has 3 N–H and O–H groups in total. The summed E-state index contributed by atoms with van der Waals surface area (Å²) in [5.41, 5.74) is 0. The molecular formula is C17H33N3O3. The summed E-state index contributed by atoms with van der Waals surface area (Å²) in [5.74, 6) is 0.628. The highest BCUT2D eigenvalue weighted by molar-refractivity contribution is 5.87. The highest BCUT2D eigenvalue weighted by Gasteiger charge is 2.29. The summed E-state index contributed by atoms with van der Waals surface area (Å²) in [4.78, 5) is 26.5. The summed E-state index contributed by atoms with van der Waals surface area (Å²) in [6.07, 6.45) is 4.26. The normalized spacial score (nSPS) is 17.2. The maximum atomic E-state index is 12.7. The number of nitrogens with zero attached hydrogens (tertiary/aromatic N) is 1. The van der Waals surface area contributed by atoms with Crippen molar-refractivity contribution in [2.24, 2.45) is 11.8 Å². The smallest absolute Gasteiger partial charge is 0.315 e. The van der Waals surface area contributed by atoms with Crippen LogP contribution >= 0.6 is 0 Å². The average molecular weight is 327 g/mol. The number of urea groups is 1. The monoisotopic (exact) mass is 327 g/mol. The number of rotatable bonds is 8. The van der Waals surface area contributed by atoms with Crippen molar-refractivity contribution in [3.8, 4) is 0 Å². The van der Waals surface area contributed by atoms with Crippen LogP contribution in [0.15, 0.2) is 0 Å². The molecule has 1 rings (SSSR count). The second-order valence-electron chi connectivity index (χ2n) is 6.89. The maximum absolute atomic E-state index is 12.7. The van der Waals surface area contributed by atoms with Crippen molar-refractivity contribution in [2.45, 2.75) is 58.9 Å². The first-order valence-corrected chi connectivity index (χ1v) is 8.91. The van der Waals surface area contributed by atoms with Gasteiger partial charge in [0.25, 0.3) is 0 Å². The lowest BCUT2D eigenvalue weighted by atomic mass is 9.96. The van der Waals surface area contributed by atoms with Crippen molar-refractivity contribution in [1.29, 1.82) is 0 Å². The third kappa shape index (κ3) is 7.20. The van der Waals surface area contributed by atoms with E-state index < -0.39 is 6.04 Å². The van der Waals surface area contributed by atoms with Crippen LogP contribution in [-0.2, 0) is 4.79 Å². The van der Waals surface area contributed by atoms with Gasteiger partial charge in [-0.15, -0.1) is 0 Å². The SMILES string of the molecule is CCCCNC(=O)NC(CC(C)C)C(=O)N1CCC(CO)CC1. The van der Waals surface area contributed by atoms with Crippen molar-refractivity contribution in [1.82, 2.24) is 15.5 Å². The first kappa shape index (κ1) is 19.7. The van der Waals surface area contributed by atoms with Gasteiger partial charge in [0.05, 0.1) is 0 Å². The molecule has 1 fully saturated rings. The van der Waals surface area contributed by atoms with E-state index in [1.807, 2.05) is 4.90 Å². The number of carbonyl (C=O) groups is 2. The molecule has 0 aromatic rings. The van der Waals surface area contributed by atoms with E-state index in [9.17, 15) is 14.7 Å². The molecule has 6 nitrogen and oxygen atoms in total. The Balaban J connectivity index is 2.55. The molecule has 0 aromatic heterocycles. The van der Waals surface area contributed by atoms with E-state index in [4.69, 9.17) is 0 Å². The maximum Gasteiger partial charge on any atom is 0.315 e. The van der Waals surface area contributed by atoms with Gasteiger partial charge in [0.1, 0.15) is 6.04 Å². The van der Waals surface area contributed by atoms with Crippen LogP contribution in [-0.4, -0.2) is 54.2 Å². The predicted octanol–water partition coefficient (Wildman–Crippen LogP) is 1.73. The third-order valence-electron chi connectivity index (χ3n) is 4.31. The van der Waals surface area contributed by atoms with Crippen molar-refractivity contribution >= 4 is 11.9 Å². The molecule has 0 aliphatic carbocycles. The summed E-state index contributed by atoms with van der Waals surface area (Å²) in [6, 6.07) is -0.731. The number of carbonyl (C=O) groups excluding carboxylic acids is 2. The van der Waals surface area contributed by atoms with E-state index in [1.54, 1.807) is 0 Å². The van der Waals surface area contributed by atoms with Crippen LogP contribution < -0.4 is 10.6 Å². The van der Waals surface area contributed by atoms with E-state index in [0.717, 1.165) is 25.7 Å². The number of hydrogen-bond acceptors (Lipinski definition) is 3. The number of aliphatic hydroxyl groups is 1. The summed E-state index contributed by atoms with van der Waals surface area (Å²) < 4.78 is 0. The molecule has 1 unspecified atom stereocenters. The fourth-order valence-electron chi connectivity index (χ4n) is 2.84. The molecule has 1 aliphatic rings. The van der Waals surface area contributed by atoms with E-state index >= 15 is 0 Å². The lowest BCUT2D eigenvalue weighted by Crippen LogP contribution is -2.53. The van der Waals surface area contributed by atoms with Gasteiger partial charge in [-0.25, -0.2) is 4.79 Å². The van der Waals surface area contributed by atoms with Crippen molar-refractivity contribution in [2.75, 3.05) is 26.2 Å². The molecule has 0 aromatic carbocycles. The van der Waals surface area contributed by atoms with Crippen LogP contribution in [0.1, 0.15) is 52.9 Å². The highest BCUT2D eigenvalue weighted by Crippen LogP contribution is 2.18. The van der Waals surface area contributed by atoms with Crippen LogP contribution in [0.4, 0.5) is 4.79 Å². The Morgan fingerprint density at radius 2 is 1.91 bits per heavy atom. The van der Waals surface area contributed by atoms with Gasteiger partial charge >= 0.3 is 6.03 Å². The highest BCUT2D eigenvalue weighted by atomic mass is 16.3. The molecule has 0 spiro atoms. The zero-order valence-electron chi connectivity index (χ0n) is 14.8. The molecule has 6 heteroatoms. The van der Waals surface area contributed by atoms with Crippen LogP contribution in [0.2, 0.25) is 0 Å². The van der Waals surface area contributed by atoms with Gasteiger partial charge in [0.2, 0.25) is 5.91 Å². The molecule has 0 bridgehead atoms. The van der Waals surface area contributed by atoms with Crippen LogP contribution in [0.5, 0.6) is 0 Å². The minimum absolute atomic E-state index is 0.000677. The standard InChI is InChI=1S/C17H33N3O3/c1-4-5-8-18-17(23)19-15(11-13(2)3)16(22)20-9-6-14(12-21)7-10-20/h13-15,21H,4-12H2,1-3H3,(H2,18,19,23). The van der Waals surface area contributed by atoms with E-state index in [0.29, 0.717) is 37.9 Å². The Kier molecular flexibility index (Phi) is 8.99. The number of unbranched alkanes of at least 4 members (excludes halogenated alkanes) is 1. The number of amides is 3. The minimum atomic E-state index is -0.470. The quantitative estimate of drug-likeness (QED) is 0.594. The van der Waals surface area contributed by atoms with Crippen molar-refractivity contribution < 1.29 is 14.7 Å². The third-order valence-corrected chi connectivity index (χ3v) is 4.31. The van der Waals surface area contributed by atoms with E-state index in [2.05, 4.69) is 31.4 Å². The molecular weight excluding hydrogens is 294 g/mol. The molecule has 134 valence electrons. The van der Waals surface area contributed by atoms with Gasteiger partial charge in [-0.2, -0.15) is 0 Å². The summed E-state index contributed by atoms with van der Waals surface area (Å²) >= 11 is 0. The molecule has 1 saturated heterocycles. The number of aliphatic hydroxyl groups excluding tert-OH is 1. The second-order valence-corrected chi connectivity index (χ2v) is 6.89. The molecule has 0 radical (unpaired) electrons. The molecule has 3 amide bonds. The number of likely N-dealkylation sites (tertiary alicyclic amines) is 1. The average Bonchev–Trinajstić information content (AvgIpc) is 2.53. The fourth-order valence-corrected chi connectivity index (χ4v) is 2.84. The first-order valence-electron chi connectivity index (χ1n) is 8.91. The Morgan fingerprint density at radius 3 is 2.43 bits per heavy atom. The lowest BCUT2D eigenvalue weighted by molar-refractivity contribution is -0.135. The minimum Gasteiger partial charge on any atom is -0.396 e. The van der Waals surface area contributed by atoms with Gasteiger partial charge in [-0.1, -0.05) is 27.2 Å². The summed E-state index contributed by atoms with van der Waals surface area (Å²) in [5, 5.41) is 14.8. The molecule has 1 heterocycles. The van der Waals surface area contributed by atoms with Gasteiger partial charge in [-0.05, 0) is 37.5 Å². The molecule has 1 atom stereocenters. The van der Waals surface area contributed by atoms with Crippen LogP contribution in [0, 0.1) is 11.8 Å². The van der Waals surface area contributed by atoms with Crippen molar-refractivity contribution in [3.05, 3.63) is 0 Å². The molecule has 1 aliphatic heterocycles. The zero-order valence-corrected chi connectivity index (χ0v) is 14.8. The predicted molar refractivity (Wildman–Crippen MR) is 91.1 cm³/mol. The Labute approximate surface area is 140 Å². The number of piperidine rings is 1. The number of hydrogen-bond donors (Lipinski definition) is 3. The molecule has 0 saturated carbocycles. The van der Waals surface area contributed by atoms with Gasteiger partial charge in [0, 0.05) is 26.2 Å². The van der Waals surface area contributed by atoms with E-state index in [-0.39, 0.29) is 18.5 Å². The largest absolute Gasteiger partial charge is 0.396 e. The lowest BCUT2D eigenvalue weighted by Gasteiger charge is -2.34.